The molecule has 0 fully saturated rings. The molecule has 0 aromatic carbocycles. The second-order valence-corrected chi connectivity index (χ2v) is 5.80. The molecule has 1 heterocycles. The van der Waals surface area contributed by atoms with E-state index in [4.69, 9.17) is 4.74 Å². The van der Waals surface area contributed by atoms with E-state index in [0.717, 1.165) is 30.5 Å². The fraction of sp³-hybridized carbons (Fsp3) is 0.688. The number of aromatic nitrogens is 1. The molecule has 0 saturated carbocycles. The van der Waals surface area contributed by atoms with E-state index >= 15 is 0 Å². The number of ether oxygens (including phenoxy) is 1. The average Bonchev–Trinajstić information content (AvgIpc) is 2.27. The van der Waals surface area contributed by atoms with Gasteiger partial charge >= 0.3 is 0 Å². The normalized spacial score (nSPS) is 11.3. The van der Waals surface area contributed by atoms with Crippen molar-refractivity contribution in [2.45, 2.75) is 59.8 Å². The van der Waals surface area contributed by atoms with Crippen LogP contribution in [-0.2, 0) is 0 Å². The standard InChI is InChI=1S/C16H27NO/c1-12(2)8-6-7-9-18-16-11-14(5)10-15(17-16)13(3)4/h10-13H,6-9H2,1-5H3. The van der Waals surface area contributed by atoms with E-state index in [0.29, 0.717) is 5.92 Å². The fourth-order valence-electron chi connectivity index (χ4n) is 1.86. The van der Waals surface area contributed by atoms with E-state index in [-0.39, 0.29) is 0 Å². The summed E-state index contributed by atoms with van der Waals surface area (Å²) in [5, 5.41) is 0. The quantitative estimate of drug-likeness (QED) is 0.652. The van der Waals surface area contributed by atoms with Gasteiger partial charge in [-0.05, 0) is 43.2 Å². The molecule has 0 spiro atoms. The van der Waals surface area contributed by atoms with E-state index in [1.165, 1.54) is 18.4 Å². The maximum absolute atomic E-state index is 5.75. The van der Waals surface area contributed by atoms with Crippen molar-refractivity contribution in [1.29, 1.82) is 0 Å². The van der Waals surface area contributed by atoms with Crippen molar-refractivity contribution in [3.05, 3.63) is 23.4 Å². The monoisotopic (exact) mass is 249 g/mol. The maximum Gasteiger partial charge on any atom is 0.213 e. The minimum atomic E-state index is 0.452. The predicted molar refractivity (Wildman–Crippen MR) is 77.2 cm³/mol. The molecule has 0 saturated heterocycles. The van der Waals surface area contributed by atoms with Gasteiger partial charge in [-0.3, -0.25) is 0 Å². The summed E-state index contributed by atoms with van der Waals surface area (Å²) in [5.41, 5.74) is 2.35. The molecular weight excluding hydrogens is 222 g/mol. The van der Waals surface area contributed by atoms with Gasteiger partial charge in [0.15, 0.2) is 0 Å². The van der Waals surface area contributed by atoms with Crippen LogP contribution in [0.2, 0.25) is 0 Å². The lowest BCUT2D eigenvalue weighted by Gasteiger charge is -2.11. The highest BCUT2D eigenvalue weighted by atomic mass is 16.5. The van der Waals surface area contributed by atoms with Gasteiger partial charge in [-0.15, -0.1) is 0 Å². The van der Waals surface area contributed by atoms with Crippen molar-refractivity contribution in [3.63, 3.8) is 0 Å². The van der Waals surface area contributed by atoms with Crippen LogP contribution in [0, 0.1) is 12.8 Å². The highest BCUT2D eigenvalue weighted by molar-refractivity contribution is 5.25. The molecule has 18 heavy (non-hydrogen) atoms. The summed E-state index contributed by atoms with van der Waals surface area (Å²) in [6.45, 7) is 11.7. The Kier molecular flexibility index (Phi) is 6.17. The number of rotatable bonds is 7. The Labute approximate surface area is 112 Å². The van der Waals surface area contributed by atoms with Gasteiger partial charge in [0.25, 0.3) is 0 Å². The van der Waals surface area contributed by atoms with Crippen LogP contribution >= 0.6 is 0 Å². The first-order valence-corrected chi connectivity index (χ1v) is 7.10. The first-order valence-electron chi connectivity index (χ1n) is 7.10. The molecule has 0 amide bonds. The van der Waals surface area contributed by atoms with Gasteiger partial charge in [0.05, 0.1) is 6.61 Å². The third-order valence-electron chi connectivity index (χ3n) is 2.98. The highest BCUT2D eigenvalue weighted by Gasteiger charge is 2.05. The molecule has 0 unspecified atom stereocenters. The Hall–Kier alpha value is -1.05. The Bertz CT molecular complexity index is 358. The first kappa shape index (κ1) is 15.0. The summed E-state index contributed by atoms with van der Waals surface area (Å²) in [7, 11) is 0. The third kappa shape index (κ3) is 5.52. The molecule has 0 bridgehead atoms. The topological polar surface area (TPSA) is 22.1 Å². The Morgan fingerprint density at radius 3 is 2.44 bits per heavy atom. The van der Waals surface area contributed by atoms with Crippen LogP contribution < -0.4 is 4.74 Å². The van der Waals surface area contributed by atoms with Crippen molar-refractivity contribution in [2.75, 3.05) is 6.61 Å². The van der Waals surface area contributed by atoms with Gasteiger partial charge in [-0.25, -0.2) is 4.98 Å². The summed E-state index contributed by atoms with van der Waals surface area (Å²) in [6, 6.07) is 4.16. The zero-order valence-corrected chi connectivity index (χ0v) is 12.5. The van der Waals surface area contributed by atoms with Crippen LogP contribution in [0.1, 0.15) is 64.1 Å². The van der Waals surface area contributed by atoms with Crippen LogP contribution in [0.25, 0.3) is 0 Å². The molecule has 1 aromatic rings. The molecule has 0 radical (unpaired) electrons. The summed E-state index contributed by atoms with van der Waals surface area (Å²) in [6.07, 6.45) is 3.63. The zero-order chi connectivity index (χ0) is 13.5. The van der Waals surface area contributed by atoms with E-state index in [1.807, 2.05) is 6.07 Å². The van der Waals surface area contributed by atoms with Crippen LogP contribution in [-0.4, -0.2) is 11.6 Å². The molecule has 2 heteroatoms. The number of pyridine rings is 1. The van der Waals surface area contributed by atoms with E-state index < -0.39 is 0 Å². The zero-order valence-electron chi connectivity index (χ0n) is 12.5. The van der Waals surface area contributed by atoms with Crippen LogP contribution in [0.3, 0.4) is 0 Å². The molecule has 0 atom stereocenters. The van der Waals surface area contributed by atoms with Crippen molar-refractivity contribution in [3.8, 4) is 5.88 Å². The third-order valence-corrected chi connectivity index (χ3v) is 2.98. The largest absolute Gasteiger partial charge is 0.478 e. The second-order valence-electron chi connectivity index (χ2n) is 5.80. The van der Waals surface area contributed by atoms with Gasteiger partial charge in [0.1, 0.15) is 0 Å². The van der Waals surface area contributed by atoms with Gasteiger partial charge in [0, 0.05) is 11.8 Å². The predicted octanol–water partition coefficient (Wildman–Crippen LogP) is 4.72. The molecule has 2 nitrogen and oxygen atoms in total. The van der Waals surface area contributed by atoms with Crippen LogP contribution in [0.5, 0.6) is 5.88 Å². The molecular formula is C16H27NO. The van der Waals surface area contributed by atoms with Crippen molar-refractivity contribution < 1.29 is 4.74 Å². The number of hydrogen-bond acceptors (Lipinski definition) is 2. The van der Waals surface area contributed by atoms with Gasteiger partial charge in [-0.2, -0.15) is 0 Å². The van der Waals surface area contributed by atoms with Crippen molar-refractivity contribution in [1.82, 2.24) is 4.98 Å². The smallest absolute Gasteiger partial charge is 0.213 e. The molecule has 0 aliphatic carbocycles. The molecule has 102 valence electrons. The lowest BCUT2D eigenvalue weighted by atomic mass is 10.1. The van der Waals surface area contributed by atoms with Crippen LogP contribution in [0.15, 0.2) is 12.1 Å². The molecule has 0 N–H and O–H groups in total. The summed E-state index contributed by atoms with van der Waals surface area (Å²) in [5.74, 6) is 2.02. The lowest BCUT2D eigenvalue weighted by Crippen LogP contribution is -2.03. The van der Waals surface area contributed by atoms with Gasteiger partial charge in [0.2, 0.25) is 5.88 Å². The Morgan fingerprint density at radius 2 is 1.83 bits per heavy atom. The SMILES string of the molecule is Cc1cc(OCCCCC(C)C)nc(C(C)C)c1. The number of nitrogens with zero attached hydrogens (tertiary/aromatic N) is 1. The van der Waals surface area contributed by atoms with Gasteiger partial charge < -0.3 is 4.74 Å². The van der Waals surface area contributed by atoms with E-state index in [9.17, 15) is 0 Å². The molecule has 0 aliphatic heterocycles. The maximum atomic E-state index is 5.75. The van der Waals surface area contributed by atoms with Crippen molar-refractivity contribution in [2.24, 2.45) is 5.92 Å². The van der Waals surface area contributed by atoms with Crippen molar-refractivity contribution >= 4 is 0 Å². The average molecular weight is 249 g/mol. The fourth-order valence-corrected chi connectivity index (χ4v) is 1.86. The Balaban J connectivity index is 2.42. The van der Waals surface area contributed by atoms with E-state index in [2.05, 4.69) is 45.7 Å². The summed E-state index contributed by atoms with van der Waals surface area (Å²) < 4.78 is 5.75. The highest BCUT2D eigenvalue weighted by Crippen LogP contribution is 2.18. The van der Waals surface area contributed by atoms with Gasteiger partial charge in [-0.1, -0.05) is 34.1 Å². The lowest BCUT2D eigenvalue weighted by molar-refractivity contribution is 0.289. The number of aryl methyl sites for hydroxylation is 1. The first-order chi connectivity index (χ1) is 8.49. The Morgan fingerprint density at radius 1 is 1.11 bits per heavy atom. The van der Waals surface area contributed by atoms with Crippen LogP contribution in [0.4, 0.5) is 0 Å². The second kappa shape index (κ2) is 7.40. The van der Waals surface area contributed by atoms with E-state index in [1.54, 1.807) is 0 Å². The minimum Gasteiger partial charge on any atom is -0.478 e. The molecule has 0 aliphatic rings. The minimum absolute atomic E-state index is 0.452. The number of hydrogen-bond donors (Lipinski definition) is 0. The molecule has 1 aromatic heterocycles. The number of unbranched alkanes of at least 4 members (excludes halogenated alkanes) is 1. The summed E-state index contributed by atoms with van der Waals surface area (Å²) >= 11 is 0. The summed E-state index contributed by atoms with van der Waals surface area (Å²) in [4.78, 5) is 4.54. The molecule has 1 rings (SSSR count).